The molecule has 6 nitrogen and oxygen atoms in total. The maximum Gasteiger partial charge on any atom is 0.387 e. The van der Waals surface area contributed by atoms with Gasteiger partial charge in [0.2, 0.25) is 0 Å². The number of carbonyl (C=O) groups is 2. The molecular formula is C10H15NO5. The summed E-state index contributed by atoms with van der Waals surface area (Å²) in [4.78, 5) is 24.3. The Labute approximate surface area is 94.3 Å². The summed E-state index contributed by atoms with van der Waals surface area (Å²) in [5.41, 5.74) is 0. The van der Waals surface area contributed by atoms with Crippen LogP contribution in [0.5, 0.6) is 0 Å². The number of ether oxygens (including phenoxy) is 3. The van der Waals surface area contributed by atoms with Gasteiger partial charge in [-0.15, -0.1) is 0 Å². The summed E-state index contributed by atoms with van der Waals surface area (Å²) in [5, 5.41) is 0. The Balaban J connectivity index is 3.19. The normalized spacial score (nSPS) is 9.25. The number of hydrogen-bond acceptors (Lipinski definition) is 5. The highest BCUT2D eigenvalue weighted by Crippen LogP contribution is 1.86. The fourth-order valence-corrected chi connectivity index (χ4v) is 0.743. The maximum atomic E-state index is 10.7. The lowest BCUT2D eigenvalue weighted by atomic mass is 10.5. The van der Waals surface area contributed by atoms with Crippen molar-refractivity contribution in [3.63, 3.8) is 0 Å². The van der Waals surface area contributed by atoms with Gasteiger partial charge in [0.25, 0.3) is 0 Å². The first-order valence-electron chi connectivity index (χ1n) is 4.93. The average Bonchev–Trinajstić information content (AvgIpc) is 2.27. The van der Waals surface area contributed by atoms with Crippen LogP contribution >= 0.6 is 0 Å². The van der Waals surface area contributed by atoms with Crippen molar-refractivity contribution in [3.8, 4) is 0 Å². The van der Waals surface area contributed by atoms with Crippen LogP contribution in [0.25, 0.3) is 4.85 Å². The van der Waals surface area contributed by atoms with Crippen molar-refractivity contribution in [1.29, 1.82) is 0 Å². The molecule has 0 radical (unpaired) electrons. The van der Waals surface area contributed by atoms with Crippen LogP contribution in [0.4, 0.5) is 0 Å². The monoisotopic (exact) mass is 229 g/mol. The molecule has 90 valence electrons. The zero-order valence-electron chi connectivity index (χ0n) is 9.23. The van der Waals surface area contributed by atoms with E-state index in [1.807, 2.05) is 0 Å². The first-order chi connectivity index (χ1) is 7.70. The van der Waals surface area contributed by atoms with Crippen LogP contribution in [0.2, 0.25) is 0 Å². The van der Waals surface area contributed by atoms with Crippen LogP contribution in [0.3, 0.4) is 0 Å². The van der Waals surface area contributed by atoms with Gasteiger partial charge in [0.1, 0.15) is 13.2 Å². The predicted octanol–water partition coefficient (Wildman–Crippen LogP) is 0.419. The molecule has 0 saturated heterocycles. The molecule has 16 heavy (non-hydrogen) atoms. The Kier molecular flexibility index (Phi) is 8.93. The number of rotatable bonds is 8. The molecule has 0 aromatic carbocycles. The smallest absolute Gasteiger partial charge is 0.387 e. The zero-order valence-corrected chi connectivity index (χ0v) is 9.23. The fourth-order valence-electron chi connectivity index (χ4n) is 0.743. The van der Waals surface area contributed by atoms with Gasteiger partial charge in [0, 0.05) is 6.42 Å². The third-order valence-corrected chi connectivity index (χ3v) is 1.48. The fraction of sp³-hybridized carbons (Fsp3) is 0.700. The van der Waals surface area contributed by atoms with E-state index in [2.05, 4.69) is 9.58 Å². The van der Waals surface area contributed by atoms with Gasteiger partial charge >= 0.3 is 18.5 Å². The summed E-state index contributed by atoms with van der Waals surface area (Å²) in [6.45, 7) is 8.65. The number of carbonyl (C=O) groups excluding carboxylic acids is 2. The molecule has 0 atom stereocenters. The van der Waals surface area contributed by atoms with Crippen LogP contribution in [-0.2, 0) is 23.8 Å². The maximum absolute atomic E-state index is 10.7. The number of nitrogens with zero attached hydrogens (tertiary/aromatic N) is 1. The molecule has 0 N–H and O–H groups in total. The summed E-state index contributed by atoms with van der Waals surface area (Å²) < 4.78 is 14.4. The van der Waals surface area contributed by atoms with Gasteiger partial charge in [-0.1, -0.05) is 6.92 Å². The molecule has 0 aromatic rings. The van der Waals surface area contributed by atoms with E-state index in [9.17, 15) is 9.59 Å². The van der Waals surface area contributed by atoms with Gasteiger partial charge in [-0.3, -0.25) is 4.79 Å². The standard InChI is InChI=1S/C10H15NO5/c1-3-9(12)15-6-4-14-5-7-16-10(13)8-11-2/h3-8H2,1H3. The molecule has 0 saturated carbocycles. The molecule has 0 heterocycles. The van der Waals surface area contributed by atoms with Crippen LogP contribution in [-0.4, -0.2) is 44.9 Å². The first kappa shape index (κ1) is 14.4. The number of hydrogen-bond donors (Lipinski definition) is 0. The SMILES string of the molecule is [C-]#[N+]CC(=O)OCCOCCOC(=O)CC. The Bertz CT molecular complexity index is 258. The molecule has 0 fully saturated rings. The van der Waals surface area contributed by atoms with E-state index < -0.39 is 5.97 Å². The quantitative estimate of drug-likeness (QED) is 0.343. The molecule has 0 aliphatic rings. The topological polar surface area (TPSA) is 66.2 Å². The molecule has 0 aliphatic heterocycles. The Morgan fingerprint density at radius 1 is 1.06 bits per heavy atom. The second kappa shape index (κ2) is 9.93. The van der Waals surface area contributed by atoms with Crippen LogP contribution in [0.1, 0.15) is 13.3 Å². The molecule has 0 rings (SSSR count). The van der Waals surface area contributed by atoms with Crippen molar-refractivity contribution < 1.29 is 23.8 Å². The van der Waals surface area contributed by atoms with E-state index in [-0.39, 0.29) is 38.9 Å². The molecule has 0 spiro atoms. The molecule has 0 unspecified atom stereocenters. The third kappa shape index (κ3) is 8.97. The molecule has 0 amide bonds. The van der Waals surface area contributed by atoms with Crippen LogP contribution in [0, 0.1) is 6.57 Å². The molecular weight excluding hydrogens is 214 g/mol. The highest BCUT2D eigenvalue weighted by atomic mass is 16.6. The summed E-state index contributed by atoms with van der Waals surface area (Å²) in [6, 6.07) is 0. The van der Waals surface area contributed by atoms with E-state index in [4.69, 9.17) is 16.0 Å². The predicted molar refractivity (Wildman–Crippen MR) is 54.5 cm³/mol. The van der Waals surface area contributed by atoms with Crippen LogP contribution < -0.4 is 0 Å². The van der Waals surface area contributed by atoms with Crippen molar-refractivity contribution in [2.24, 2.45) is 0 Å². The summed E-state index contributed by atoms with van der Waals surface area (Å²) in [6.07, 6.45) is 0.342. The first-order valence-corrected chi connectivity index (χ1v) is 4.93. The molecule has 0 aliphatic carbocycles. The van der Waals surface area contributed by atoms with Gasteiger partial charge in [-0.2, -0.15) is 0 Å². The van der Waals surface area contributed by atoms with E-state index in [1.54, 1.807) is 6.92 Å². The minimum Gasteiger partial charge on any atom is -0.463 e. The Morgan fingerprint density at radius 3 is 2.12 bits per heavy atom. The van der Waals surface area contributed by atoms with Gasteiger partial charge in [0.05, 0.1) is 13.2 Å². The van der Waals surface area contributed by atoms with Crippen molar-refractivity contribution in [1.82, 2.24) is 0 Å². The zero-order chi connectivity index (χ0) is 12.2. The molecule has 0 aromatic heterocycles. The van der Waals surface area contributed by atoms with Crippen molar-refractivity contribution in [3.05, 3.63) is 11.4 Å². The highest BCUT2D eigenvalue weighted by molar-refractivity contribution is 5.73. The lowest BCUT2D eigenvalue weighted by Gasteiger charge is -2.05. The van der Waals surface area contributed by atoms with Crippen molar-refractivity contribution >= 4 is 11.9 Å². The summed E-state index contributed by atoms with van der Waals surface area (Å²) >= 11 is 0. The van der Waals surface area contributed by atoms with Gasteiger partial charge in [-0.05, 0) is 0 Å². The lowest BCUT2D eigenvalue weighted by molar-refractivity contribution is -0.145. The highest BCUT2D eigenvalue weighted by Gasteiger charge is 2.04. The molecule has 6 heteroatoms. The van der Waals surface area contributed by atoms with Crippen molar-refractivity contribution in [2.45, 2.75) is 13.3 Å². The van der Waals surface area contributed by atoms with Crippen molar-refractivity contribution in [2.75, 3.05) is 33.0 Å². The van der Waals surface area contributed by atoms with Crippen LogP contribution in [0.15, 0.2) is 0 Å². The minimum absolute atomic E-state index is 0.107. The second-order valence-corrected chi connectivity index (χ2v) is 2.72. The Hall–Kier alpha value is -1.61. The van der Waals surface area contributed by atoms with E-state index in [0.29, 0.717) is 6.42 Å². The third-order valence-electron chi connectivity index (χ3n) is 1.48. The summed E-state index contributed by atoms with van der Waals surface area (Å²) in [5.74, 6) is -0.830. The van der Waals surface area contributed by atoms with E-state index in [0.717, 1.165) is 0 Å². The van der Waals surface area contributed by atoms with Gasteiger partial charge in [-0.25, -0.2) is 11.4 Å². The van der Waals surface area contributed by atoms with E-state index >= 15 is 0 Å². The Morgan fingerprint density at radius 2 is 1.62 bits per heavy atom. The average molecular weight is 229 g/mol. The van der Waals surface area contributed by atoms with E-state index in [1.165, 1.54) is 0 Å². The minimum atomic E-state index is -0.559. The summed E-state index contributed by atoms with van der Waals surface area (Å²) in [7, 11) is 0. The second-order valence-electron chi connectivity index (χ2n) is 2.72. The number of esters is 2. The largest absolute Gasteiger partial charge is 0.463 e. The lowest BCUT2D eigenvalue weighted by Crippen LogP contribution is -2.15. The van der Waals surface area contributed by atoms with Gasteiger partial charge < -0.3 is 19.1 Å². The molecule has 0 bridgehead atoms. The van der Waals surface area contributed by atoms with Gasteiger partial charge in [0.15, 0.2) is 0 Å².